The highest BCUT2D eigenvalue weighted by molar-refractivity contribution is 5.82. The molecule has 0 bridgehead atoms. The normalized spacial score (nSPS) is 17.2. The second-order valence-corrected chi connectivity index (χ2v) is 5.49. The van der Waals surface area contributed by atoms with Crippen LogP contribution in [-0.4, -0.2) is 32.9 Å². The van der Waals surface area contributed by atoms with Gasteiger partial charge < -0.3 is 15.7 Å². The number of nitrogens with zero attached hydrogens (tertiary/aromatic N) is 2. The summed E-state index contributed by atoms with van der Waals surface area (Å²) < 4.78 is 1.66. The Kier molecular flexibility index (Phi) is 5.19. The maximum absolute atomic E-state index is 11.9. The van der Waals surface area contributed by atoms with Crippen molar-refractivity contribution in [3.05, 3.63) is 18.0 Å². The minimum atomic E-state index is -0.961. The zero-order valence-electron chi connectivity index (χ0n) is 12.2. The van der Waals surface area contributed by atoms with Crippen LogP contribution in [0.15, 0.2) is 12.3 Å². The Labute approximate surface area is 123 Å². The highest BCUT2D eigenvalue weighted by atomic mass is 16.4. The zero-order chi connectivity index (χ0) is 15.2. The molecule has 0 radical (unpaired) electrons. The SMILES string of the molecule is Cn1nccc1CNC(=O)NC(C(=O)O)C1CCCCC1. The topological polar surface area (TPSA) is 96.3 Å². The van der Waals surface area contributed by atoms with Gasteiger partial charge in [0.1, 0.15) is 6.04 Å². The monoisotopic (exact) mass is 294 g/mol. The lowest BCUT2D eigenvalue weighted by Crippen LogP contribution is -2.50. The zero-order valence-corrected chi connectivity index (χ0v) is 12.2. The van der Waals surface area contributed by atoms with Gasteiger partial charge >= 0.3 is 12.0 Å². The average Bonchev–Trinajstić information content (AvgIpc) is 2.88. The third kappa shape index (κ3) is 4.21. The van der Waals surface area contributed by atoms with Gasteiger partial charge in [-0.15, -0.1) is 0 Å². The van der Waals surface area contributed by atoms with Gasteiger partial charge in [0.2, 0.25) is 0 Å². The number of aryl methyl sites for hydroxylation is 1. The molecule has 0 aliphatic heterocycles. The maximum atomic E-state index is 11.9. The fourth-order valence-corrected chi connectivity index (χ4v) is 2.79. The molecule has 2 amide bonds. The van der Waals surface area contributed by atoms with E-state index >= 15 is 0 Å². The van der Waals surface area contributed by atoms with E-state index in [1.54, 1.807) is 24.0 Å². The number of carbonyl (C=O) groups is 2. The van der Waals surface area contributed by atoms with E-state index in [2.05, 4.69) is 15.7 Å². The van der Waals surface area contributed by atoms with Gasteiger partial charge in [-0.2, -0.15) is 5.10 Å². The Bertz CT molecular complexity index is 494. The van der Waals surface area contributed by atoms with Crippen molar-refractivity contribution in [1.82, 2.24) is 20.4 Å². The molecule has 1 aliphatic rings. The molecule has 1 aromatic heterocycles. The summed E-state index contributed by atoms with van der Waals surface area (Å²) in [5.41, 5.74) is 0.856. The fraction of sp³-hybridized carbons (Fsp3) is 0.643. The van der Waals surface area contributed by atoms with E-state index < -0.39 is 18.0 Å². The van der Waals surface area contributed by atoms with E-state index in [1.807, 2.05) is 0 Å². The summed E-state index contributed by atoms with van der Waals surface area (Å²) >= 11 is 0. The Hall–Kier alpha value is -2.05. The first-order valence-electron chi connectivity index (χ1n) is 7.32. The second-order valence-electron chi connectivity index (χ2n) is 5.49. The standard InChI is InChI=1S/C14H22N4O3/c1-18-11(7-8-16-18)9-15-14(21)17-12(13(19)20)10-5-3-2-4-6-10/h7-8,10,12H,2-6,9H2,1H3,(H,19,20)(H2,15,17,21). The first-order chi connectivity index (χ1) is 10.1. The first kappa shape index (κ1) is 15.3. The van der Waals surface area contributed by atoms with Crippen LogP contribution in [0.4, 0.5) is 4.79 Å². The molecule has 1 aliphatic carbocycles. The lowest BCUT2D eigenvalue weighted by Gasteiger charge is -2.28. The lowest BCUT2D eigenvalue weighted by molar-refractivity contribution is -0.141. The van der Waals surface area contributed by atoms with Gasteiger partial charge in [-0.3, -0.25) is 4.68 Å². The molecule has 7 nitrogen and oxygen atoms in total. The molecule has 0 aromatic carbocycles. The molecule has 116 valence electrons. The highest BCUT2D eigenvalue weighted by Gasteiger charge is 2.30. The fourth-order valence-electron chi connectivity index (χ4n) is 2.79. The summed E-state index contributed by atoms with van der Waals surface area (Å²) in [7, 11) is 1.79. The Morgan fingerprint density at radius 1 is 1.43 bits per heavy atom. The van der Waals surface area contributed by atoms with Crippen LogP contribution in [0.25, 0.3) is 0 Å². The molecule has 1 saturated carbocycles. The number of carbonyl (C=O) groups excluding carboxylic acids is 1. The number of hydrogen-bond acceptors (Lipinski definition) is 3. The second kappa shape index (κ2) is 7.10. The van der Waals surface area contributed by atoms with Gasteiger partial charge in [0.25, 0.3) is 0 Å². The number of rotatable bonds is 5. The number of urea groups is 1. The van der Waals surface area contributed by atoms with E-state index in [0.29, 0.717) is 6.54 Å². The summed E-state index contributed by atoms with van der Waals surface area (Å²) in [6.45, 7) is 0.319. The third-order valence-corrected chi connectivity index (χ3v) is 4.03. The quantitative estimate of drug-likeness (QED) is 0.761. The smallest absolute Gasteiger partial charge is 0.326 e. The van der Waals surface area contributed by atoms with Crippen LogP contribution in [0.1, 0.15) is 37.8 Å². The predicted octanol–water partition coefficient (Wildman–Crippen LogP) is 1.25. The Balaban J connectivity index is 1.86. The van der Waals surface area contributed by atoms with Gasteiger partial charge in [0.05, 0.1) is 12.2 Å². The van der Waals surface area contributed by atoms with Crippen molar-refractivity contribution in [3.63, 3.8) is 0 Å². The van der Waals surface area contributed by atoms with E-state index in [4.69, 9.17) is 0 Å². The number of aromatic nitrogens is 2. The van der Waals surface area contributed by atoms with Gasteiger partial charge in [0.15, 0.2) is 0 Å². The van der Waals surface area contributed by atoms with Gasteiger partial charge in [-0.1, -0.05) is 19.3 Å². The van der Waals surface area contributed by atoms with Crippen LogP contribution in [0, 0.1) is 5.92 Å². The average molecular weight is 294 g/mol. The molecule has 3 N–H and O–H groups in total. The van der Waals surface area contributed by atoms with Crippen LogP contribution in [0.2, 0.25) is 0 Å². The van der Waals surface area contributed by atoms with Gasteiger partial charge in [0, 0.05) is 13.2 Å². The van der Waals surface area contributed by atoms with Crippen LogP contribution < -0.4 is 10.6 Å². The number of amides is 2. The van der Waals surface area contributed by atoms with E-state index in [9.17, 15) is 14.7 Å². The number of aliphatic carboxylic acids is 1. The number of carboxylic acids is 1. The minimum Gasteiger partial charge on any atom is -0.480 e. The Morgan fingerprint density at radius 2 is 2.14 bits per heavy atom. The number of carboxylic acid groups (broad SMARTS) is 1. The molecule has 1 fully saturated rings. The maximum Gasteiger partial charge on any atom is 0.326 e. The molecular formula is C14H22N4O3. The first-order valence-corrected chi connectivity index (χ1v) is 7.32. The molecule has 1 unspecified atom stereocenters. The van der Waals surface area contributed by atoms with Crippen LogP contribution in [0.5, 0.6) is 0 Å². The summed E-state index contributed by atoms with van der Waals surface area (Å²) in [5, 5.41) is 18.6. The Morgan fingerprint density at radius 3 is 2.71 bits per heavy atom. The molecule has 1 heterocycles. The van der Waals surface area contributed by atoms with Crippen LogP contribution >= 0.6 is 0 Å². The summed E-state index contributed by atoms with van der Waals surface area (Å²) in [4.78, 5) is 23.3. The van der Waals surface area contributed by atoms with Crippen LogP contribution in [-0.2, 0) is 18.4 Å². The van der Waals surface area contributed by atoms with E-state index in [-0.39, 0.29) is 5.92 Å². The number of hydrogen-bond donors (Lipinski definition) is 3. The van der Waals surface area contributed by atoms with Crippen molar-refractivity contribution in [2.45, 2.75) is 44.7 Å². The van der Waals surface area contributed by atoms with Crippen molar-refractivity contribution in [3.8, 4) is 0 Å². The van der Waals surface area contributed by atoms with Crippen molar-refractivity contribution >= 4 is 12.0 Å². The summed E-state index contributed by atoms with van der Waals surface area (Å²) in [6.07, 6.45) is 6.59. The molecule has 2 rings (SSSR count). The number of nitrogens with one attached hydrogen (secondary N) is 2. The molecule has 7 heteroatoms. The van der Waals surface area contributed by atoms with E-state index in [1.165, 1.54) is 0 Å². The minimum absolute atomic E-state index is 0.0266. The van der Waals surface area contributed by atoms with Crippen molar-refractivity contribution in [1.29, 1.82) is 0 Å². The third-order valence-electron chi connectivity index (χ3n) is 4.03. The molecule has 0 saturated heterocycles. The largest absolute Gasteiger partial charge is 0.480 e. The lowest BCUT2D eigenvalue weighted by atomic mass is 9.84. The van der Waals surface area contributed by atoms with Crippen LogP contribution in [0.3, 0.4) is 0 Å². The predicted molar refractivity (Wildman–Crippen MR) is 76.6 cm³/mol. The van der Waals surface area contributed by atoms with Gasteiger partial charge in [-0.25, -0.2) is 9.59 Å². The molecule has 1 atom stereocenters. The van der Waals surface area contributed by atoms with Crippen molar-refractivity contribution in [2.24, 2.45) is 13.0 Å². The highest BCUT2D eigenvalue weighted by Crippen LogP contribution is 2.26. The molecule has 21 heavy (non-hydrogen) atoms. The summed E-state index contributed by atoms with van der Waals surface area (Å²) in [5.74, 6) is -0.934. The summed E-state index contributed by atoms with van der Waals surface area (Å²) in [6, 6.07) is 0.543. The van der Waals surface area contributed by atoms with Crippen molar-refractivity contribution < 1.29 is 14.7 Å². The molecule has 0 spiro atoms. The molecular weight excluding hydrogens is 272 g/mol. The van der Waals surface area contributed by atoms with Gasteiger partial charge in [-0.05, 0) is 24.8 Å². The van der Waals surface area contributed by atoms with Crippen molar-refractivity contribution in [2.75, 3.05) is 0 Å². The molecule has 1 aromatic rings. The van der Waals surface area contributed by atoms with E-state index in [0.717, 1.165) is 37.8 Å².